The lowest BCUT2D eigenvalue weighted by Gasteiger charge is -2.32. The molecule has 1 saturated heterocycles. The van der Waals surface area contributed by atoms with E-state index in [2.05, 4.69) is 31.2 Å². The number of rotatable bonds is 5. The minimum absolute atomic E-state index is 0.250. The molecule has 0 N–H and O–H groups in total. The average Bonchev–Trinajstić information content (AvgIpc) is 2.45. The van der Waals surface area contributed by atoms with Crippen LogP contribution in [0.4, 0.5) is 0 Å². The van der Waals surface area contributed by atoms with Crippen LogP contribution < -0.4 is 0 Å². The molecule has 1 amide bonds. The van der Waals surface area contributed by atoms with Gasteiger partial charge in [0, 0.05) is 19.3 Å². The van der Waals surface area contributed by atoms with E-state index in [0.29, 0.717) is 19.0 Å². The Labute approximate surface area is 133 Å². The van der Waals surface area contributed by atoms with Crippen LogP contribution in [-0.4, -0.2) is 44.3 Å². The predicted molar refractivity (Wildman–Crippen MR) is 88.5 cm³/mol. The van der Waals surface area contributed by atoms with Gasteiger partial charge in [-0.15, -0.1) is 0 Å². The number of aryl methyl sites for hydroxylation is 2. The molecule has 0 atom stereocenters. The molecule has 1 aliphatic heterocycles. The summed E-state index contributed by atoms with van der Waals surface area (Å²) in [7, 11) is -3.23. The SMILES string of the molecule is Cc1ccc(CCC2CCN(C(=O)CS(C)(=O)=O)CC2)cc1. The van der Waals surface area contributed by atoms with Gasteiger partial charge in [0.2, 0.25) is 5.91 Å². The van der Waals surface area contributed by atoms with Gasteiger partial charge in [0.05, 0.1) is 0 Å². The van der Waals surface area contributed by atoms with Crippen molar-refractivity contribution >= 4 is 15.7 Å². The number of hydrogen-bond donors (Lipinski definition) is 0. The standard InChI is InChI=1S/C17H25NO3S/c1-14-3-5-15(6-4-14)7-8-16-9-11-18(12-10-16)17(19)13-22(2,20)21/h3-6,16H,7-13H2,1-2H3. The summed E-state index contributed by atoms with van der Waals surface area (Å²) >= 11 is 0. The Morgan fingerprint density at radius 2 is 1.77 bits per heavy atom. The van der Waals surface area contributed by atoms with Crippen LogP contribution in [0.1, 0.15) is 30.4 Å². The molecule has 0 radical (unpaired) electrons. The van der Waals surface area contributed by atoms with Crippen molar-refractivity contribution in [3.8, 4) is 0 Å². The minimum atomic E-state index is -3.23. The summed E-state index contributed by atoms with van der Waals surface area (Å²) in [5.41, 5.74) is 2.64. The fraction of sp³-hybridized carbons (Fsp3) is 0.588. The Morgan fingerprint density at radius 1 is 1.18 bits per heavy atom. The van der Waals surface area contributed by atoms with Crippen molar-refractivity contribution in [3.63, 3.8) is 0 Å². The lowest BCUT2D eigenvalue weighted by Crippen LogP contribution is -2.41. The minimum Gasteiger partial charge on any atom is -0.342 e. The first kappa shape index (κ1) is 17.0. The zero-order chi connectivity index (χ0) is 16.2. The molecule has 1 aromatic rings. The lowest BCUT2D eigenvalue weighted by molar-refractivity contribution is -0.129. The highest BCUT2D eigenvalue weighted by atomic mass is 32.2. The molecule has 4 nitrogen and oxygen atoms in total. The van der Waals surface area contributed by atoms with Crippen LogP contribution in [0.15, 0.2) is 24.3 Å². The van der Waals surface area contributed by atoms with E-state index in [1.807, 2.05) is 0 Å². The molecule has 1 aromatic carbocycles. The van der Waals surface area contributed by atoms with Crippen LogP contribution in [0.3, 0.4) is 0 Å². The van der Waals surface area contributed by atoms with Crippen LogP contribution in [0.2, 0.25) is 0 Å². The molecular weight excluding hydrogens is 298 g/mol. The molecule has 1 fully saturated rings. The Kier molecular flexibility index (Phi) is 5.62. The first-order chi connectivity index (χ1) is 10.3. The van der Waals surface area contributed by atoms with Crippen LogP contribution in [0.5, 0.6) is 0 Å². The highest BCUT2D eigenvalue weighted by Crippen LogP contribution is 2.22. The number of nitrogens with zero attached hydrogens (tertiary/aromatic N) is 1. The van der Waals surface area contributed by atoms with Gasteiger partial charge in [-0.05, 0) is 44.1 Å². The number of carbonyl (C=O) groups is 1. The van der Waals surface area contributed by atoms with Crippen LogP contribution in [0, 0.1) is 12.8 Å². The van der Waals surface area contributed by atoms with Crippen molar-refractivity contribution in [2.24, 2.45) is 5.92 Å². The smallest absolute Gasteiger partial charge is 0.237 e. The van der Waals surface area contributed by atoms with Crippen molar-refractivity contribution in [2.75, 3.05) is 25.1 Å². The number of likely N-dealkylation sites (tertiary alicyclic amines) is 1. The molecule has 0 aromatic heterocycles. The zero-order valence-electron chi connectivity index (χ0n) is 13.4. The number of sulfone groups is 1. The van der Waals surface area contributed by atoms with Gasteiger partial charge in [0.15, 0.2) is 9.84 Å². The number of amides is 1. The third-order valence-corrected chi connectivity index (χ3v) is 5.09. The average molecular weight is 323 g/mol. The van der Waals surface area contributed by atoms with Gasteiger partial charge in [-0.3, -0.25) is 4.79 Å². The molecule has 2 rings (SSSR count). The topological polar surface area (TPSA) is 54.5 Å². The van der Waals surface area contributed by atoms with E-state index in [0.717, 1.165) is 31.9 Å². The fourth-order valence-electron chi connectivity index (χ4n) is 2.91. The first-order valence-corrected chi connectivity index (χ1v) is 9.90. The van der Waals surface area contributed by atoms with Crippen molar-refractivity contribution in [3.05, 3.63) is 35.4 Å². The second kappa shape index (κ2) is 7.27. The van der Waals surface area contributed by atoms with Gasteiger partial charge >= 0.3 is 0 Å². The molecule has 5 heteroatoms. The second-order valence-electron chi connectivity index (χ2n) is 6.42. The maximum absolute atomic E-state index is 11.9. The molecule has 1 heterocycles. The normalized spacial score (nSPS) is 16.7. The van der Waals surface area contributed by atoms with Crippen molar-refractivity contribution < 1.29 is 13.2 Å². The highest BCUT2D eigenvalue weighted by molar-refractivity contribution is 7.91. The van der Waals surface area contributed by atoms with Gasteiger partial charge in [-0.2, -0.15) is 0 Å². The summed E-state index contributed by atoms with van der Waals surface area (Å²) < 4.78 is 22.4. The van der Waals surface area contributed by atoms with E-state index in [1.54, 1.807) is 4.90 Å². The van der Waals surface area contributed by atoms with E-state index < -0.39 is 9.84 Å². The van der Waals surface area contributed by atoms with Crippen molar-refractivity contribution in [1.82, 2.24) is 4.90 Å². The van der Waals surface area contributed by atoms with Gasteiger partial charge in [0.25, 0.3) is 0 Å². The molecule has 0 saturated carbocycles. The third-order valence-electron chi connectivity index (χ3n) is 4.31. The Bertz CT molecular complexity index is 599. The number of piperidine rings is 1. The Hall–Kier alpha value is -1.36. The summed E-state index contributed by atoms with van der Waals surface area (Å²) in [5.74, 6) is 0.0178. The quantitative estimate of drug-likeness (QED) is 0.835. The number of benzene rings is 1. The fourth-order valence-corrected chi connectivity index (χ4v) is 3.54. The maximum Gasteiger partial charge on any atom is 0.237 e. The Morgan fingerprint density at radius 3 is 2.32 bits per heavy atom. The molecule has 22 heavy (non-hydrogen) atoms. The monoisotopic (exact) mass is 323 g/mol. The molecule has 1 aliphatic rings. The Balaban J connectivity index is 1.75. The van der Waals surface area contributed by atoms with E-state index >= 15 is 0 Å². The van der Waals surface area contributed by atoms with E-state index in [9.17, 15) is 13.2 Å². The van der Waals surface area contributed by atoms with Crippen LogP contribution in [-0.2, 0) is 21.1 Å². The molecule has 0 aliphatic carbocycles. The second-order valence-corrected chi connectivity index (χ2v) is 8.56. The molecule has 0 unspecified atom stereocenters. The van der Waals surface area contributed by atoms with Crippen molar-refractivity contribution in [2.45, 2.75) is 32.6 Å². The van der Waals surface area contributed by atoms with Gasteiger partial charge < -0.3 is 4.90 Å². The molecular formula is C17H25NO3S. The van der Waals surface area contributed by atoms with Gasteiger partial charge in [-0.1, -0.05) is 29.8 Å². The van der Waals surface area contributed by atoms with E-state index in [4.69, 9.17) is 0 Å². The lowest BCUT2D eigenvalue weighted by atomic mass is 9.90. The van der Waals surface area contributed by atoms with E-state index in [-0.39, 0.29) is 11.7 Å². The summed E-state index contributed by atoms with van der Waals surface area (Å²) in [6.45, 7) is 3.47. The first-order valence-electron chi connectivity index (χ1n) is 7.84. The predicted octanol–water partition coefficient (Wildman–Crippen LogP) is 2.21. The molecule has 0 bridgehead atoms. The van der Waals surface area contributed by atoms with Crippen LogP contribution >= 0.6 is 0 Å². The number of hydrogen-bond acceptors (Lipinski definition) is 3. The zero-order valence-corrected chi connectivity index (χ0v) is 14.2. The summed E-state index contributed by atoms with van der Waals surface area (Å²) in [6.07, 6.45) is 5.27. The highest BCUT2D eigenvalue weighted by Gasteiger charge is 2.24. The van der Waals surface area contributed by atoms with Gasteiger partial charge in [0.1, 0.15) is 5.75 Å². The third kappa shape index (κ3) is 5.44. The summed E-state index contributed by atoms with van der Waals surface area (Å²) in [6, 6.07) is 8.64. The molecule has 0 spiro atoms. The van der Waals surface area contributed by atoms with E-state index in [1.165, 1.54) is 11.1 Å². The molecule has 122 valence electrons. The maximum atomic E-state index is 11.9. The number of carbonyl (C=O) groups excluding carboxylic acids is 1. The van der Waals surface area contributed by atoms with Crippen molar-refractivity contribution in [1.29, 1.82) is 0 Å². The largest absolute Gasteiger partial charge is 0.342 e. The van der Waals surface area contributed by atoms with Crippen LogP contribution in [0.25, 0.3) is 0 Å². The summed E-state index contributed by atoms with van der Waals surface area (Å²) in [5, 5.41) is 0. The van der Waals surface area contributed by atoms with Gasteiger partial charge in [-0.25, -0.2) is 8.42 Å². The summed E-state index contributed by atoms with van der Waals surface area (Å²) in [4.78, 5) is 13.6.